The average Bonchev–Trinajstić information content (AvgIpc) is 2.92. The van der Waals surface area contributed by atoms with Crippen molar-refractivity contribution in [3.05, 3.63) is 69.7 Å². The fraction of sp³-hybridized carbons (Fsp3) is 0.600. The molecule has 216 valence electrons. The molecular weight excluding hydrogens is 647 g/mol. The Morgan fingerprint density at radius 3 is 1.11 bits per heavy atom. The first kappa shape index (κ1) is 35.8. The number of piperazine rings is 1. The Morgan fingerprint density at radius 1 is 0.553 bits per heavy atom. The molecule has 2 aromatic rings. The van der Waals surface area contributed by atoms with Gasteiger partial charge in [-0.15, -0.1) is 0 Å². The van der Waals surface area contributed by atoms with E-state index in [9.17, 15) is 0 Å². The molecule has 0 aliphatic carbocycles. The van der Waals surface area contributed by atoms with E-state index in [0.29, 0.717) is 0 Å². The highest BCUT2D eigenvalue weighted by atomic mass is 79.9. The predicted octanol–water partition coefficient (Wildman–Crippen LogP) is 0.0324. The quantitative estimate of drug-likeness (QED) is 0.258. The second-order valence-electron chi connectivity index (χ2n) is 10.6. The van der Waals surface area contributed by atoms with Gasteiger partial charge in [0.15, 0.2) is 0 Å². The minimum atomic E-state index is 0. The van der Waals surface area contributed by atoms with Crippen molar-refractivity contribution in [3.8, 4) is 0 Å². The summed E-state index contributed by atoms with van der Waals surface area (Å²) in [5.41, 5.74) is 2.78. The normalized spacial score (nSPS) is 15.1. The molecule has 4 nitrogen and oxygen atoms in total. The molecular formula is C30H48Br2Cl2N4. The molecule has 0 radical (unpaired) electrons. The van der Waals surface area contributed by atoms with Gasteiger partial charge in [-0.3, -0.25) is 9.80 Å². The molecule has 8 heteroatoms. The van der Waals surface area contributed by atoms with Crippen molar-refractivity contribution >= 4 is 23.2 Å². The fourth-order valence-electron chi connectivity index (χ4n) is 5.58. The second kappa shape index (κ2) is 17.6. The summed E-state index contributed by atoms with van der Waals surface area (Å²) in [4.78, 5) is 5.37. The van der Waals surface area contributed by atoms with E-state index in [2.05, 4.69) is 61.8 Å². The largest absolute Gasteiger partial charge is 1.00 e. The Morgan fingerprint density at radius 2 is 0.842 bits per heavy atom. The van der Waals surface area contributed by atoms with E-state index >= 15 is 0 Å². The van der Waals surface area contributed by atoms with E-state index in [4.69, 9.17) is 23.2 Å². The third kappa shape index (κ3) is 10.7. The zero-order valence-corrected chi connectivity index (χ0v) is 28.5. The lowest BCUT2D eigenvalue weighted by atomic mass is 10.1. The van der Waals surface area contributed by atoms with Crippen LogP contribution in [0.1, 0.15) is 38.8 Å². The van der Waals surface area contributed by atoms with E-state index in [-0.39, 0.29) is 34.0 Å². The van der Waals surface area contributed by atoms with Crippen molar-refractivity contribution in [2.75, 3.05) is 78.5 Å². The van der Waals surface area contributed by atoms with Crippen molar-refractivity contribution in [1.82, 2.24) is 9.80 Å². The fourth-order valence-corrected chi connectivity index (χ4v) is 5.83. The van der Waals surface area contributed by atoms with Gasteiger partial charge in [0.2, 0.25) is 0 Å². The molecule has 2 aromatic carbocycles. The van der Waals surface area contributed by atoms with Crippen LogP contribution >= 0.6 is 23.2 Å². The molecule has 0 aromatic heterocycles. The number of benzene rings is 2. The molecule has 1 saturated heterocycles. The molecule has 0 N–H and O–H groups in total. The smallest absolute Gasteiger partial charge is 0.104 e. The van der Waals surface area contributed by atoms with E-state index in [1.54, 1.807) is 0 Å². The van der Waals surface area contributed by atoms with Crippen LogP contribution in [0.2, 0.25) is 10.0 Å². The molecule has 1 aliphatic rings. The van der Waals surface area contributed by atoms with Crippen LogP contribution in [0, 0.1) is 0 Å². The lowest BCUT2D eigenvalue weighted by molar-refractivity contribution is -0.937. The zero-order valence-electron chi connectivity index (χ0n) is 23.8. The SMILES string of the molecule is CC[N+](CC)(CCN1CCN(CC[N+](CC)(CC)Cc2ccc(Cl)cc2)CC1)Cc1ccc(Cl)cc1.[Br-].[Br-]. The Balaban J connectivity index is 0.00000361. The second-order valence-corrected chi connectivity index (χ2v) is 11.5. The van der Waals surface area contributed by atoms with Crippen LogP contribution in [0.3, 0.4) is 0 Å². The van der Waals surface area contributed by atoms with Crippen molar-refractivity contribution in [2.24, 2.45) is 0 Å². The lowest BCUT2D eigenvalue weighted by Gasteiger charge is -2.42. The number of likely N-dealkylation sites (N-methyl/N-ethyl adjacent to an activating group) is 2. The number of halogens is 4. The molecule has 1 aliphatic heterocycles. The van der Waals surface area contributed by atoms with E-state index < -0.39 is 0 Å². The summed E-state index contributed by atoms with van der Waals surface area (Å²) in [5.74, 6) is 0. The highest BCUT2D eigenvalue weighted by molar-refractivity contribution is 6.30. The van der Waals surface area contributed by atoms with Gasteiger partial charge in [0, 0.05) is 60.4 Å². The van der Waals surface area contributed by atoms with Gasteiger partial charge >= 0.3 is 0 Å². The number of rotatable bonds is 14. The van der Waals surface area contributed by atoms with Crippen molar-refractivity contribution in [1.29, 1.82) is 0 Å². The van der Waals surface area contributed by atoms with Gasteiger partial charge < -0.3 is 42.9 Å². The molecule has 0 saturated carbocycles. The monoisotopic (exact) mass is 692 g/mol. The van der Waals surface area contributed by atoms with Crippen LogP contribution in [-0.2, 0) is 13.1 Å². The number of quaternary nitrogens is 2. The van der Waals surface area contributed by atoms with Crippen molar-refractivity contribution < 1.29 is 42.9 Å². The summed E-state index contributed by atoms with van der Waals surface area (Å²) in [5, 5.41) is 1.64. The van der Waals surface area contributed by atoms with Gasteiger partial charge in [-0.05, 0) is 52.0 Å². The lowest BCUT2D eigenvalue weighted by Crippen LogP contribution is -3.00. The first-order valence-electron chi connectivity index (χ1n) is 14.0. The Labute approximate surface area is 263 Å². The maximum absolute atomic E-state index is 6.11. The summed E-state index contributed by atoms with van der Waals surface area (Å²) < 4.78 is 2.28. The minimum Gasteiger partial charge on any atom is -1.00 e. The summed E-state index contributed by atoms with van der Waals surface area (Å²) >= 11 is 12.2. The summed E-state index contributed by atoms with van der Waals surface area (Å²) in [7, 11) is 0. The van der Waals surface area contributed by atoms with Gasteiger partial charge in [0.25, 0.3) is 0 Å². The molecule has 1 heterocycles. The van der Waals surface area contributed by atoms with Crippen LogP contribution in [0.4, 0.5) is 0 Å². The van der Waals surface area contributed by atoms with Gasteiger partial charge in [-0.25, -0.2) is 0 Å². The highest BCUT2D eigenvalue weighted by Gasteiger charge is 2.28. The van der Waals surface area contributed by atoms with Gasteiger partial charge in [0.1, 0.15) is 13.1 Å². The molecule has 3 rings (SSSR count). The Bertz CT molecular complexity index is 820. The number of hydrogen-bond acceptors (Lipinski definition) is 2. The first-order valence-corrected chi connectivity index (χ1v) is 14.7. The zero-order chi connectivity index (χ0) is 26.0. The standard InChI is InChI=1S/C30H48Cl2N4.2BrH/c1-5-35(6-2,25-27-9-13-29(31)14-10-27)23-21-33-17-19-34(20-18-33)22-24-36(7-3,8-4)26-28-11-15-30(32)16-12-28;;/h9-16H,5-8,17-26H2,1-4H3;2*1H/q+2;;/p-2. The third-order valence-corrected chi connectivity index (χ3v) is 9.30. The van der Waals surface area contributed by atoms with E-state index in [0.717, 1.165) is 32.1 Å². The van der Waals surface area contributed by atoms with Gasteiger partial charge in [-0.2, -0.15) is 0 Å². The Hall–Kier alpha value is -0.180. The van der Waals surface area contributed by atoms with Crippen LogP contribution in [0.5, 0.6) is 0 Å². The molecule has 0 atom stereocenters. The summed E-state index contributed by atoms with van der Waals surface area (Å²) in [6.45, 7) is 25.7. The minimum absolute atomic E-state index is 0. The molecule has 1 fully saturated rings. The van der Waals surface area contributed by atoms with Crippen molar-refractivity contribution in [3.63, 3.8) is 0 Å². The van der Waals surface area contributed by atoms with Crippen LogP contribution in [-0.4, -0.2) is 97.3 Å². The van der Waals surface area contributed by atoms with E-state index in [1.165, 1.54) is 89.7 Å². The number of hydrogen-bond donors (Lipinski definition) is 0. The molecule has 0 bridgehead atoms. The van der Waals surface area contributed by atoms with Crippen LogP contribution in [0.25, 0.3) is 0 Å². The van der Waals surface area contributed by atoms with Crippen LogP contribution < -0.4 is 34.0 Å². The van der Waals surface area contributed by atoms with Crippen molar-refractivity contribution in [2.45, 2.75) is 40.8 Å². The number of nitrogens with zero attached hydrogens (tertiary/aromatic N) is 4. The van der Waals surface area contributed by atoms with Gasteiger partial charge in [-0.1, -0.05) is 47.5 Å². The molecule has 0 unspecified atom stereocenters. The summed E-state index contributed by atoms with van der Waals surface area (Å²) in [6.07, 6.45) is 0. The maximum Gasteiger partial charge on any atom is 0.104 e. The molecule has 0 amide bonds. The van der Waals surface area contributed by atoms with Crippen LogP contribution in [0.15, 0.2) is 48.5 Å². The topological polar surface area (TPSA) is 6.48 Å². The highest BCUT2D eigenvalue weighted by Crippen LogP contribution is 2.19. The average molecular weight is 695 g/mol. The molecule has 38 heavy (non-hydrogen) atoms. The molecule has 0 spiro atoms. The first-order chi connectivity index (χ1) is 17.3. The Kier molecular flexibility index (Phi) is 16.6. The predicted molar refractivity (Wildman–Crippen MR) is 156 cm³/mol. The van der Waals surface area contributed by atoms with E-state index in [1.807, 2.05) is 24.3 Å². The van der Waals surface area contributed by atoms with Gasteiger partial charge in [0.05, 0.1) is 39.3 Å². The third-order valence-electron chi connectivity index (χ3n) is 8.79. The summed E-state index contributed by atoms with van der Waals surface area (Å²) in [6, 6.07) is 16.9. The maximum atomic E-state index is 6.11.